The molecule has 1 unspecified atom stereocenters. The molecule has 0 nitrogen and oxygen atoms in total. The third kappa shape index (κ3) is 5.65. The summed E-state index contributed by atoms with van der Waals surface area (Å²) in [6, 6.07) is 12.3. The zero-order chi connectivity index (χ0) is 25.4. The largest absolute Gasteiger partial charge is 1.00 e. The van der Waals surface area contributed by atoms with E-state index in [1.165, 1.54) is 27.8 Å². The third-order valence-electron chi connectivity index (χ3n) is 7.89. The Morgan fingerprint density at radius 2 is 1.33 bits per heavy atom. The van der Waals surface area contributed by atoms with E-state index < -0.39 is 21.3 Å². The number of hydrogen-bond acceptors (Lipinski definition) is 0. The summed E-state index contributed by atoms with van der Waals surface area (Å²) in [5, 5.41) is 0. The van der Waals surface area contributed by atoms with Crippen molar-refractivity contribution < 1.29 is 46.1 Å². The van der Waals surface area contributed by atoms with Crippen molar-refractivity contribution in [3.05, 3.63) is 73.1 Å². The van der Waals surface area contributed by atoms with Gasteiger partial charge in [-0.25, -0.2) is 0 Å². The van der Waals surface area contributed by atoms with Crippen LogP contribution in [0.5, 0.6) is 0 Å². The van der Waals surface area contributed by atoms with E-state index in [2.05, 4.69) is 113 Å². The second kappa shape index (κ2) is 10.4. The Morgan fingerprint density at radius 3 is 1.83 bits per heavy atom. The zero-order valence-electron chi connectivity index (χ0n) is 24.2. The van der Waals surface area contributed by atoms with Crippen LogP contribution in [0.15, 0.2) is 50.8 Å². The molecule has 4 rings (SSSR count). The van der Waals surface area contributed by atoms with E-state index in [1.807, 2.05) is 0 Å². The molecule has 2 aliphatic rings. The predicted molar refractivity (Wildman–Crippen MR) is 148 cm³/mol. The van der Waals surface area contributed by atoms with Gasteiger partial charge in [0.25, 0.3) is 0 Å². The van der Waals surface area contributed by atoms with Crippen molar-refractivity contribution in [2.45, 2.75) is 93.4 Å². The van der Waals surface area contributed by atoms with Gasteiger partial charge in [-0.05, 0) is 0 Å². The van der Waals surface area contributed by atoms with Gasteiger partial charge < -0.3 is 24.8 Å². The van der Waals surface area contributed by atoms with Crippen LogP contribution in [-0.2, 0) is 38.5 Å². The van der Waals surface area contributed by atoms with Crippen molar-refractivity contribution in [2.75, 3.05) is 0 Å². The Morgan fingerprint density at radius 1 is 0.778 bits per heavy atom. The summed E-state index contributed by atoms with van der Waals surface area (Å²) >= 11 is -2.31. The first kappa shape index (κ1) is 31.5. The average Bonchev–Trinajstić information content (AvgIpc) is 3.21. The molecule has 0 saturated heterocycles. The summed E-state index contributed by atoms with van der Waals surface area (Å²) in [4.78, 5) is 0. The van der Waals surface area contributed by atoms with Crippen LogP contribution in [0.1, 0.15) is 98.4 Å². The molecule has 0 heterocycles. The fraction of sp³-hybridized carbons (Fsp3) is 0.485. The van der Waals surface area contributed by atoms with Crippen LogP contribution in [0.4, 0.5) is 0 Å². The third-order valence-corrected chi connectivity index (χ3v) is 14.2. The SMILES string of the molecule is [CH2]=[Zr+2]([C]1=C(C)C(C(C)(C)C)=CC1C)[c]1cc(C(C)(C)C)cc2c1Cc1ccc(C(C)(C)C)cc1-2.[Cl-].[Cl-]. The van der Waals surface area contributed by atoms with E-state index in [0.717, 1.165) is 6.42 Å². The molecule has 0 N–H and O–H groups in total. The molecule has 0 aromatic heterocycles. The number of fused-ring (bicyclic) bond motifs is 3. The fourth-order valence-corrected chi connectivity index (χ4v) is 11.8. The Kier molecular flexibility index (Phi) is 9.12. The van der Waals surface area contributed by atoms with Gasteiger partial charge in [0.15, 0.2) is 0 Å². The van der Waals surface area contributed by atoms with E-state index in [9.17, 15) is 0 Å². The second-order valence-electron chi connectivity index (χ2n) is 13.7. The van der Waals surface area contributed by atoms with E-state index in [4.69, 9.17) is 4.21 Å². The molecule has 0 fully saturated rings. The Labute approximate surface area is 241 Å². The van der Waals surface area contributed by atoms with Gasteiger partial charge in [-0.2, -0.15) is 0 Å². The molecule has 194 valence electrons. The van der Waals surface area contributed by atoms with Gasteiger partial charge in [-0.1, -0.05) is 0 Å². The van der Waals surface area contributed by atoms with Crippen LogP contribution in [-0.4, -0.2) is 4.21 Å². The molecule has 2 aromatic carbocycles. The van der Waals surface area contributed by atoms with Crippen LogP contribution >= 0.6 is 0 Å². The molecule has 0 amide bonds. The van der Waals surface area contributed by atoms with Crippen molar-refractivity contribution in [1.29, 1.82) is 0 Å². The smallest absolute Gasteiger partial charge is 1.00 e. The standard InChI is InChI=1S/C21H25.C11H17.CH2.2ClH.Zr/c1-20(2,3)16-9-7-14-11-15-8-10-17(21(4,5)6)13-19(15)18(14)12-16;1-8-6-9(2)10(7-8)11(3,4)5;;;;/h7,9-10,12-13H,11H2,1-6H3;7-8H,1-5H3;1H2;2*1H;/q;;;;;+2/p-2. The first-order valence-corrected chi connectivity index (χ1v) is 17.1. The quantitative estimate of drug-likeness (QED) is 0.423. The predicted octanol–water partition coefficient (Wildman–Crippen LogP) is 2.43. The van der Waals surface area contributed by atoms with Gasteiger partial charge >= 0.3 is 218 Å². The molecule has 0 spiro atoms. The maximum atomic E-state index is 5.03. The molecule has 0 radical (unpaired) electrons. The average molecular weight is 603 g/mol. The van der Waals surface area contributed by atoms with Crippen molar-refractivity contribution in [3.63, 3.8) is 0 Å². The summed E-state index contributed by atoms with van der Waals surface area (Å²) in [6.45, 7) is 25.9. The molecule has 36 heavy (non-hydrogen) atoms. The molecule has 3 heteroatoms. The minimum Gasteiger partial charge on any atom is -1.00 e. The summed E-state index contributed by atoms with van der Waals surface area (Å²) in [5.74, 6) is 0.520. The number of allylic oxidation sites excluding steroid dienone is 4. The molecule has 2 aromatic rings. The summed E-state index contributed by atoms with van der Waals surface area (Å²) < 4.78 is 8.36. The molecule has 0 aliphatic heterocycles. The second-order valence-corrected chi connectivity index (χ2v) is 18.7. The van der Waals surface area contributed by atoms with Crippen LogP contribution in [0, 0.1) is 11.3 Å². The van der Waals surface area contributed by atoms with Crippen LogP contribution in [0.3, 0.4) is 0 Å². The molecular formula is C33H44Cl2Zr. The van der Waals surface area contributed by atoms with E-state index >= 15 is 0 Å². The Balaban J connectivity index is 0.00000228. The number of hydrogen-bond donors (Lipinski definition) is 0. The monoisotopic (exact) mass is 600 g/mol. The van der Waals surface area contributed by atoms with E-state index in [0.29, 0.717) is 5.92 Å². The molecule has 0 saturated carbocycles. The van der Waals surface area contributed by atoms with E-state index in [-0.39, 0.29) is 41.1 Å². The van der Waals surface area contributed by atoms with Gasteiger partial charge in [0.05, 0.1) is 0 Å². The minimum atomic E-state index is -2.31. The Hall–Kier alpha value is -0.747. The van der Waals surface area contributed by atoms with Crippen LogP contribution < -0.4 is 28.1 Å². The first-order chi connectivity index (χ1) is 15.5. The molecule has 2 aliphatic carbocycles. The fourth-order valence-electron chi connectivity index (χ4n) is 5.85. The summed E-state index contributed by atoms with van der Waals surface area (Å²) in [7, 11) is 0. The number of rotatable bonds is 2. The summed E-state index contributed by atoms with van der Waals surface area (Å²) in [6.07, 6.45) is 3.60. The van der Waals surface area contributed by atoms with Crippen molar-refractivity contribution in [1.82, 2.24) is 0 Å². The zero-order valence-corrected chi connectivity index (χ0v) is 28.2. The van der Waals surface area contributed by atoms with Gasteiger partial charge in [0.2, 0.25) is 0 Å². The van der Waals surface area contributed by atoms with Gasteiger partial charge in [0.1, 0.15) is 0 Å². The van der Waals surface area contributed by atoms with Crippen molar-refractivity contribution in [3.8, 4) is 11.1 Å². The Bertz CT molecular complexity index is 1250. The van der Waals surface area contributed by atoms with Gasteiger partial charge in [0, 0.05) is 0 Å². The maximum Gasteiger partial charge on any atom is -1.00 e. The van der Waals surface area contributed by atoms with Crippen LogP contribution in [0.25, 0.3) is 11.1 Å². The number of benzene rings is 2. The van der Waals surface area contributed by atoms with Crippen molar-refractivity contribution in [2.24, 2.45) is 11.3 Å². The molecular weight excluding hydrogens is 558 g/mol. The minimum absolute atomic E-state index is 0. The maximum absolute atomic E-state index is 5.03. The topological polar surface area (TPSA) is 0 Å². The van der Waals surface area contributed by atoms with Crippen LogP contribution in [0.2, 0.25) is 0 Å². The normalized spacial score (nSPS) is 16.9. The van der Waals surface area contributed by atoms with E-state index in [1.54, 1.807) is 23.3 Å². The first-order valence-electron chi connectivity index (χ1n) is 12.9. The summed E-state index contributed by atoms with van der Waals surface area (Å²) in [5.41, 5.74) is 12.5. The number of halogens is 2. The van der Waals surface area contributed by atoms with Gasteiger partial charge in [-0.3, -0.25) is 0 Å². The molecule has 0 bridgehead atoms. The molecule has 1 atom stereocenters. The van der Waals surface area contributed by atoms with Gasteiger partial charge in [-0.15, -0.1) is 0 Å². The van der Waals surface area contributed by atoms with Crippen molar-refractivity contribution >= 4 is 7.48 Å².